The molecule has 7 nitrogen and oxygen atoms in total. The summed E-state index contributed by atoms with van der Waals surface area (Å²) in [6.07, 6.45) is 4.30. The number of carboxylic acid groups (broad SMARTS) is 1. The predicted molar refractivity (Wildman–Crippen MR) is 119 cm³/mol. The molecule has 0 bridgehead atoms. The van der Waals surface area contributed by atoms with Gasteiger partial charge in [0.25, 0.3) is 0 Å². The second kappa shape index (κ2) is 9.14. The molecule has 0 saturated heterocycles. The van der Waals surface area contributed by atoms with Gasteiger partial charge >= 0.3 is 5.97 Å². The van der Waals surface area contributed by atoms with E-state index in [0.29, 0.717) is 18.8 Å². The largest absolute Gasteiger partial charge is 0.476 e. The third-order valence-corrected chi connectivity index (χ3v) is 5.45. The lowest BCUT2D eigenvalue weighted by molar-refractivity contribution is 0.0685. The summed E-state index contributed by atoms with van der Waals surface area (Å²) < 4.78 is 1.71. The number of nitrogens with one attached hydrogen (secondary N) is 1. The van der Waals surface area contributed by atoms with Crippen LogP contribution in [0.25, 0.3) is 22.4 Å². The Labute approximate surface area is 184 Å². The van der Waals surface area contributed by atoms with Gasteiger partial charge in [0, 0.05) is 18.5 Å². The third-order valence-electron chi connectivity index (χ3n) is 5.18. The first-order valence-electron chi connectivity index (χ1n) is 10.1. The number of carboxylic acids is 1. The standard InChI is InChI=1S/C23H22ClN5O2/c1-2-3-8-20-26-22(24)21(23(30)31)29(20)14-15-9-11-16(12-10-15)17-6-4-5-7-18(17)19-13-25-28-27-19/h4-7,9-13H,2-3,8,14H2,1H3,(H,30,31)(H,25,27,28). The molecule has 0 radical (unpaired) electrons. The van der Waals surface area contributed by atoms with Crippen LogP contribution in [0.15, 0.2) is 54.7 Å². The summed E-state index contributed by atoms with van der Waals surface area (Å²) in [6.45, 7) is 2.48. The zero-order chi connectivity index (χ0) is 21.8. The van der Waals surface area contributed by atoms with E-state index in [9.17, 15) is 9.90 Å². The normalized spacial score (nSPS) is 11.0. The summed E-state index contributed by atoms with van der Waals surface area (Å²) in [5.74, 6) is -0.372. The van der Waals surface area contributed by atoms with Crippen LogP contribution in [0.2, 0.25) is 5.15 Å². The third kappa shape index (κ3) is 4.36. The van der Waals surface area contributed by atoms with Crippen molar-refractivity contribution in [2.24, 2.45) is 0 Å². The van der Waals surface area contributed by atoms with Crippen LogP contribution < -0.4 is 0 Å². The fourth-order valence-electron chi connectivity index (χ4n) is 3.63. The molecule has 0 aliphatic rings. The summed E-state index contributed by atoms with van der Waals surface area (Å²) in [5.41, 5.74) is 4.85. The highest BCUT2D eigenvalue weighted by Gasteiger charge is 2.21. The van der Waals surface area contributed by atoms with Crippen molar-refractivity contribution in [3.63, 3.8) is 0 Å². The number of aryl methyl sites for hydroxylation is 1. The highest BCUT2D eigenvalue weighted by Crippen LogP contribution is 2.31. The number of benzene rings is 2. The first-order valence-corrected chi connectivity index (χ1v) is 10.5. The number of hydrogen-bond donors (Lipinski definition) is 2. The molecule has 8 heteroatoms. The number of aromatic amines is 1. The first kappa shape index (κ1) is 20.8. The van der Waals surface area contributed by atoms with Gasteiger partial charge in [-0.1, -0.05) is 73.5 Å². The minimum Gasteiger partial charge on any atom is -0.476 e. The zero-order valence-electron chi connectivity index (χ0n) is 17.0. The van der Waals surface area contributed by atoms with E-state index in [1.54, 1.807) is 10.8 Å². The number of rotatable bonds is 8. The van der Waals surface area contributed by atoms with E-state index < -0.39 is 5.97 Å². The Hall–Kier alpha value is -3.45. The van der Waals surface area contributed by atoms with Crippen molar-refractivity contribution in [3.8, 4) is 22.4 Å². The molecular formula is C23H22ClN5O2. The van der Waals surface area contributed by atoms with Crippen LogP contribution in [-0.4, -0.2) is 36.0 Å². The summed E-state index contributed by atoms with van der Waals surface area (Å²) in [4.78, 5) is 16.1. The van der Waals surface area contributed by atoms with Crippen LogP contribution in [0.1, 0.15) is 41.6 Å². The number of carbonyl (C=O) groups is 1. The Bertz CT molecular complexity index is 1180. The van der Waals surface area contributed by atoms with Gasteiger partial charge in [0.15, 0.2) is 10.8 Å². The van der Waals surface area contributed by atoms with E-state index in [1.165, 1.54) is 0 Å². The monoisotopic (exact) mass is 435 g/mol. The number of nitrogens with zero attached hydrogens (tertiary/aromatic N) is 4. The van der Waals surface area contributed by atoms with Gasteiger partial charge in [0.2, 0.25) is 0 Å². The molecular weight excluding hydrogens is 414 g/mol. The number of aromatic nitrogens is 5. The topological polar surface area (TPSA) is 96.7 Å². The van der Waals surface area contributed by atoms with Crippen LogP contribution in [0.3, 0.4) is 0 Å². The van der Waals surface area contributed by atoms with E-state index in [2.05, 4.69) is 27.3 Å². The van der Waals surface area contributed by atoms with Crippen molar-refractivity contribution in [2.45, 2.75) is 32.7 Å². The Morgan fingerprint density at radius 3 is 2.52 bits per heavy atom. The van der Waals surface area contributed by atoms with E-state index in [0.717, 1.165) is 40.8 Å². The van der Waals surface area contributed by atoms with Crippen LogP contribution in [0.5, 0.6) is 0 Å². The Kier molecular flexibility index (Phi) is 6.13. The molecule has 4 rings (SSSR count). The maximum atomic E-state index is 11.8. The molecule has 2 aromatic heterocycles. The SMILES string of the molecule is CCCCc1nc(Cl)c(C(=O)O)n1Cc1ccc(-c2ccccc2-c2cn[nH]n2)cc1. The molecule has 2 heterocycles. The van der Waals surface area contributed by atoms with E-state index in [1.807, 2.05) is 48.5 Å². The van der Waals surface area contributed by atoms with Crippen LogP contribution in [0.4, 0.5) is 0 Å². The second-order valence-corrected chi connectivity index (χ2v) is 7.62. The molecule has 0 unspecified atom stereocenters. The molecule has 0 spiro atoms. The Morgan fingerprint density at radius 2 is 1.87 bits per heavy atom. The molecule has 4 aromatic rings. The number of H-pyrrole nitrogens is 1. The summed E-state index contributed by atoms with van der Waals surface area (Å²) in [7, 11) is 0. The average molecular weight is 436 g/mol. The number of aromatic carboxylic acids is 1. The van der Waals surface area contributed by atoms with E-state index >= 15 is 0 Å². The zero-order valence-corrected chi connectivity index (χ0v) is 17.8. The van der Waals surface area contributed by atoms with Gasteiger partial charge in [-0.25, -0.2) is 9.78 Å². The lowest BCUT2D eigenvalue weighted by Gasteiger charge is -2.12. The fourth-order valence-corrected chi connectivity index (χ4v) is 3.91. The number of unbranched alkanes of at least 4 members (excludes halogenated alkanes) is 1. The van der Waals surface area contributed by atoms with Gasteiger partial charge in [-0.2, -0.15) is 15.4 Å². The second-order valence-electron chi connectivity index (χ2n) is 7.26. The van der Waals surface area contributed by atoms with Gasteiger partial charge in [0.05, 0.1) is 6.20 Å². The molecule has 0 amide bonds. The van der Waals surface area contributed by atoms with Crippen molar-refractivity contribution in [1.82, 2.24) is 25.0 Å². The average Bonchev–Trinajstić information content (AvgIpc) is 3.41. The molecule has 0 aliphatic heterocycles. The van der Waals surface area contributed by atoms with Gasteiger partial charge in [0.1, 0.15) is 11.5 Å². The van der Waals surface area contributed by atoms with Gasteiger partial charge < -0.3 is 9.67 Å². The maximum Gasteiger partial charge on any atom is 0.355 e. The fraction of sp³-hybridized carbons (Fsp3) is 0.217. The minimum absolute atomic E-state index is 0.0354. The van der Waals surface area contributed by atoms with Gasteiger partial charge in [-0.3, -0.25) is 0 Å². The van der Waals surface area contributed by atoms with E-state index in [4.69, 9.17) is 11.6 Å². The van der Waals surface area contributed by atoms with Crippen molar-refractivity contribution >= 4 is 17.6 Å². The van der Waals surface area contributed by atoms with Gasteiger partial charge in [-0.15, -0.1) is 0 Å². The lowest BCUT2D eigenvalue weighted by atomic mass is 9.97. The summed E-state index contributed by atoms with van der Waals surface area (Å²) in [5, 5.41) is 20.4. The van der Waals surface area contributed by atoms with Crippen LogP contribution in [-0.2, 0) is 13.0 Å². The van der Waals surface area contributed by atoms with Crippen molar-refractivity contribution in [3.05, 3.63) is 77.0 Å². The van der Waals surface area contributed by atoms with Crippen molar-refractivity contribution in [1.29, 1.82) is 0 Å². The number of halogens is 1. The summed E-state index contributed by atoms with van der Waals surface area (Å²) in [6, 6.07) is 16.1. The molecule has 0 aliphatic carbocycles. The summed E-state index contributed by atoms with van der Waals surface area (Å²) >= 11 is 6.14. The number of imidazole rings is 1. The highest BCUT2D eigenvalue weighted by molar-refractivity contribution is 6.32. The number of hydrogen-bond acceptors (Lipinski definition) is 4. The highest BCUT2D eigenvalue weighted by atomic mass is 35.5. The van der Waals surface area contributed by atoms with Crippen LogP contribution in [0, 0.1) is 0 Å². The molecule has 2 aromatic carbocycles. The van der Waals surface area contributed by atoms with Gasteiger partial charge in [-0.05, 0) is 23.1 Å². The molecule has 0 fully saturated rings. The van der Waals surface area contributed by atoms with Crippen molar-refractivity contribution < 1.29 is 9.90 Å². The molecule has 0 saturated carbocycles. The van der Waals surface area contributed by atoms with Crippen LogP contribution >= 0.6 is 11.6 Å². The first-order chi connectivity index (χ1) is 15.1. The maximum absolute atomic E-state index is 11.8. The molecule has 158 valence electrons. The Balaban J connectivity index is 1.65. The quantitative estimate of drug-likeness (QED) is 0.402. The predicted octanol–water partition coefficient (Wildman–Crippen LogP) is 5.08. The van der Waals surface area contributed by atoms with E-state index in [-0.39, 0.29) is 10.8 Å². The van der Waals surface area contributed by atoms with Crippen molar-refractivity contribution in [2.75, 3.05) is 0 Å². The molecule has 2 N–H and O–H groups in total. The molecule has 31 heavy (non-hydrogen) atoms. The minimum atomic E-state index is -1.07. The molecule has 0 atom stereocenters. The Morgan fingerprint density at radius 1 is 1.13 bits per heavy atom. The lowest BCUT2D eigenvalue weighted by Crippen LogP contribution is -2.13. The smallest absolute Gasteiger partial charge is 0.355 e.